The third-order valence-corrected chi connectivity index (χ3v) is 5.50. The highest BCUT2D eigenvalue weighted by Crippen LogP contribution is 2.23. The molecule has 0 spiro atoms. The number of benzene rings is 1. The van der Waals surface area contributed by atoms with Crippen LogP contribution in [0.3, 0.4) is 0 Å². The number of nitrogens with zero attached hydrogens (tertiary/aromatic N) is 5. The molecule has 1 fully saturated rings. The molecule has 0 saturated carbocycles. The number of esters is 1. The number of likely N-dealkylation sites (tertiary alicyclic amines) is 1. The van der Waals surface area contributed by atoms with Gasteiger partial charge in [0, 0.05) is 6.54 Å². The lowest BCUT2D eigenvalue weighted by atomic mass is 10.0. The SMILES string of the molecule is CCOC(=O)[C@@H]1CCCCN1C(=O)CSc1nnnn1-c1cc(C)cc(C)c1. The number of ether oxygens (including phenoxy) is 1. The molecule has 1 saturated heterocycles. The third kappa shape index (κ3) is 4.70. The van der Waals surface area contributed by atoms with E-state index in [9.17, 15) is 9.59 Å². The van der Waals surface area contributed by atoms with E-state index in [0.29, 0.717) is 24.7 Å². The van der Waals surface area contributed by atoms with Crippen LogP contribution in [0, 0.1) is 13.8 Å². The summed E-state index contributed by atoms with van der Waals surface area (Å²) in [6.07, 6.45) is 2.47. The molecule has 1 aromatic heterocycles. The number of thioether (sulfide) groups is 1. The van der Waals surface area contributed by atoms with Gasteiger partial charge in [0.2, 0.25) is 11.1 Å². The highest BCUT2D eigenvalue weighted by Gasteiger charge is 2.33. The molecule has 0 bridgehead atoms. The normalized spacial score (nSPS) is 16.8. The molecule has 0 unspecified atom stereocenters. The molecule has 8 nitrogen and oxygen atoms in total. The van der Waals surface area contributed by atoms with E-state index in [1.807, 2.05) is 26.0 Å². The lowest BCUT2D eigenvalue weighted by Gasteiger charge is -2.33. The van der Waals surface area contributed by atoms with Gasteiger partial charge >= 0.3 is 5.97 Å². The van der Waals surface area contributed by atoms with Gasteiger partial charge in [-0.2, -0.15) is 4.68 Å². The molecule has 0 aliphatic carbocycles. The van der Waals surface area contributed by atoms with Crippen molar-refractivity contribution in [1.29, 1.82) is 0 Å². The molecule has 9 heteroatoms. The minimum absolute atomic E-state index is 0.0993. The smallest absolute Gasteiger partial charge is 0.328 e. The van der Waals surface area contributed by atoms with Gasteiger partial charge in [-0.1, -0.05) is 17.8 Å². The molecule has 150 valence electrons. The van der Waals surface area contributed by atoms with Gasteiger partial charge in [0.15, 0.2) is 0 Å². The van der Waals surface area contributed by atoms with Crippen LogP contribution in [0.1, 0.15) is 37.3 Å². The lowest BCUT2D eigenvalue weighted by molar-refractivity contribution is -0.155. The van der Waals surface area contributed by atoms with E-state index in [1.165, 1.54) is 11.8 Å². The third-order valence-electron chi connectivity index (χ3n) is 4.60. The number of tetrazole rings is 1. The summed E-state index contributed by atoms with van der Waals surface area (Å²) in [4.78, 5) is 26.6. The van der Waals surface area contributed by atoms with Crippen molar-refractivity contribution in [1.82, 2.24) is 25.1 Å². The fourth-order valence-electron chi connectivity index (χ4n) is 3.43. The second kappa shape index (κ2) is 9.18. The number of aryl methyl sites for hydroxylation is 2. The zero-order valence-electron chi connectivity index (χ0n) is 16.4. The number of piperidine rings is 1. The number of carbonyl (C=O) groups excluding carboxylic acids is 2. The Hall–Kier alpha value is -2.42. The van der Waals surface area contributed by atoms with Gasteiger partial charge in [-0.25, -0.2) is 4.79 Å². The highest BCUT2D eigenvalue weighted by molar-refractivity contribution is 7.99. The topological polar surface area (TPSA) is 90.2 Å². The zero-order valence-corrected chi connectivity index (χ0v) is 17.2. The standard InChI is InChI=1S/C19H25N5O3S/c1-4-27-18(26)16-7-5-6-8-23(16)17(25)12-28-19-20-21-22-24(19)15-10-13(2)9-14(3)11-15/h9-11,16H,4-8,12H2,1-3H3/t16-/m0/s1. The second-order valence-electron chi connectivity index (χ2n) is 6.86. The molecule has 2 aromatic rings. The monoisotopic (exact) mass is 403 g/mol. The minimum atomic E-state index is -0.489. The molecule has 0 radical (unpaired) electrons. The Bertz CT molecular complexity index is 834. The van der Waals surface area contributed by atoms with Crippen LogP contribution < -0.4 is 0 Å². The average Bonchev–Trinajstić information content (AvgIpc) is 3.14. The maximum absolute atomic E-state index is 12.8. The van der Waals surface area contributed by atoms with Crippen LogP contribution in [0.15, 0.2) is 23.4 Å². The van der Waals surface area contributed by atoms with Crippen LogP contribution in [-0.4, -0.2) is 61.9 Å². The van der Waals surface area contributed by atoms with Crippen molar-refractivity contribution >= 4 is 23.6 Å². The van der Waals surface area contributed by atoms with Crippen molar-refractivity contribution in [2.75, 3.05) is 18.9 Å². The summed E-state index contributed by atoms with van der Waals surface area (Å²) in [5.41, 5.74) is 3.09. The molecule has 1 atom stereocenters. The van der Waals surface area contributed by atoms with Crippen LogP contribution >= 0.6 is 11.8 Å². The summed E-state index contributed by atoms with van der Waals surface area (Å²) in [7, 11) is 0. The van der Waals surface area contributed by atoms with E-state index in [4.69, 9.17) is 4.74 Å². The fourth-order valence-corrected chi connectivity index (χ4v) is 4.20. The minimum Gasteiger partial charge on any atom is -0.464 e. The molecule has 0 N–H and O–H groups in total. The van der Waals surface area contributed by atoms with Gasteiger partial charge in [0.05, 0.1) is 18.0 Å². The number of aromatic nitrogens is 4. The van der Waals surface area contributed by atoms with Crippen LogP contribution in [0.4, 0.5) is 0 Å². The molecule has 2 heterocycles. The Morgan fingerprint density at radius 3 is 2.68 bits per heavy atom. The first kappa shape index (κ1) is 20.3. The molecule has 3 rings (SSSR count). The summed E-state index contributed by atoms with van der Waals surface area (Å²) in [6, 6.07) is 5.58. The molecular weight excluding hydrogens is 378 g/mol. The summed E-state index contributed by atoms with van der Waals surface area (Å²) in [5.74, 6) is -0.250. The van der Waals surface area contributed by atoms with Gasteiger partial charge in [0.1, 0.15) is 6.04 Å². The molecule has 1 amide bonds. The number of hydrogen-bond donors (Lipinski definition) is 0. The quantitative estimate of drug-likeness (QED) is 0.540. The second-order valence-corrected chi connectivity index (χ2v) is 7.80. The Balaban J connectivity index is 1.69. The van der Waals surface area contributed by atoms with Gasteiger partial charge in [0.25, 0.3) is 0 Å². The van der Waals surface area contributed by atoms with Crippen molar-refractivity contribution in [2.45, 2.75) is 51.2 Å². The Kier molecular flexibility index (Phi) is 6.66. The number of carbonyl (C=O) groups is 2. The Morgan fingerprint density at radius 2 is 1.96 bits per heavy atom. The van der Waals surface area contributed by atoms with Crippen molar-refractivity contribution in [3.8, 4) is 5.69 Å². The van der Waals surface area contributed by atoms with E-state index in [0.717, 1.165) is 29.7 Å². The molecule has 1 aliphatic rings. The largest absolute Gasteiger partial charge is 0.464 e. The van der Waals surface area contributed by atoms with Gasteiger partial charge in [-0.15, -0.1) is 5.10 Å². The first-order valence-corrected chi connectivity index (χ1v) is 10.4. The molecule has 1 aromatic carbocycles. The predicted molar refractivity (Wildman–Crippen MR) is 105 cm³/mol. The van der Waals surface area contributed by atoms with Crippen molar-refractivity contribution in [2.24, 2.45) is 0 Å². The Labute approximate surface area is 168 Å². The van der Waals surface area contributed by atoms with E-state index in [1.54, 1.807) is 16.5 Å². The van der Waals surface area contributed by atoms with Crippen molar-refractivity contribution < 1.29 is 14.3 Å². The maximum Gasteiger partial charge on any atom is 0.328 e. The number of rotatable bonds is 6. The van der Waals surface area contributed by atoms with E-state index in [2.05, 4.69) is 21.6 Å². The van der Waals surface area contributed by atoms with Crippen LogP contribution in [0.2, 0.25) is 0 Å². The Morgan fingerprint density at radius 1 is 1.21 bits per heavy atom. The summed E-state index contributed by atoms with van der Waals surface area (Å²) < 4.78 is 6.77. The molecule has 1 aliphatic heterocycles. The molecule has 28 heavy (non-hydrogen) atoms. The lowest BCUT2D eigenvalue weighted by Crippen LogP contribution is -2.49. The predicted octanol–water partition coefficient (Wildman–Crippen LogP) is 2.32. The van der Waals surface area contributed by atoms with E-state index >= 15 is 0 Å². The van der Waals surface area contributed by atoms with E-state index in [-0.39, 0.29) is 17.6 Å². The summed E-state index contributed by atoms with van der Waals surface area (Å²) in [6.45, 7) is 6.70. The van der Waals surface area contributed by atoms with Crippen LogP contribution in [0.5, 0.6) is 0 Å². The molecular formula is C19H25N5O3S. The van der Waals surface area contributed by atoms with E-state index < -0.39 is 6.04 Å². The first-order valence-electron chi connectivity index (χ1n) is 9.45. The fraction of sp³-hybridized carbons (Fsp3) is 0.526. The number of hydrogen-bond acceptors (Lipinski definition) is 7. The van der Waals surface area contributed by atoms with Gasteiger partial charge in [-0.05, 0) is 73.7 Å². The zero-order chi connectivity index (χ0) is 20.1. The maximum atomic E-state index is 12.8. The summed E-state index contributed by atoms with van der Waals surface area (Å²) in [5, 5.41) is 12.4. The highest BCUT2D eigenvalue weighted by atomic mass is 32.2. The van der Waals surface area contributed by atoms with Crippen molar-refractivity contribution in [3.05, 3.63) is 29.3 Å². The van der Waals surface area contributed by atoms with Crippen molar-refractivity contribution in [3.63, 3.8) is 0 Å². The van der Waals surface area contributed by atoms with Crippen LogP contribution in [-0.2, 0) is 14.3 Å². The van der Waals surface area contributed by atoms with Gasteiger partial charge in [-0.3, -0.25) is 4.79 Å². The first-order chi connectivity index (χ1) is 13.5. The summed E-state index contributed by atoms with van der Waals surface area (Å²) >= 11 is 1.27. The van der Waals surface area contributed by atoms with Gasteiger partial charge < -0.3 is 9.64 Å². The van der Waals surface area contributed by atoms with Crippen LogP contribution in [0.25, 0.3) is 5.69 Å². The average molecular weight is 404 g/mol. The number of amides is 1.